The molecule has 0 aliphatic heterocycles. The first-order valence-corrected chi connectivity index (χ1v) is 10.9. The van der Waals surface area contributed by atoms with Gasteiger partial charge in [0.05, 0.1) is 16.8 Å². The first kappa shape index (κ1) is 24.3. The van der Waals surface area contributed by atoms with Crippen LogP contribution in [0.1, 0.15) is 22.3 Å². The Balaban J connectivity index is 1.40. The average Bonchev–Trinajstić information content (AvgIpc) is 3.21. The highest BCUT2D eigenvalue weighted by Gasteiger charge is 2.33. The van der Waals surface area contributed by atoms with E-state index in [1.165, 1.54) is 6.07 Å². The first-order valence-electron chi connectivity index (χ1n) is 10.5. The number of nitrogens with zero attached hydrogens (tertiary/aromatic N) is 4. The van der Waals surface area contributed by atoms with Crippen molar-refractivity contribution in [2.24, 2.45) is 7.05 Å². The molecule has 2 aromatic heterocycles. The van der Waals surface area contributed by atoms with Gasteiger partial charge >= 0.3 is 6.18 Å². The van der Waals surface area contributed by atoms with Gasteiger partial charge in [-0.3, -0.25) is 14.5 Å². The number of H-pyrrole nitrogens is 1. The number of aromatic nitrogens is 4. The topological polar surface area (TPSA) is 76.0 Å². The molecule has 2 aromatic carbocycles. The summed E-state index contributed by atoms with van der Waals surface area (Å²) in [4.78, 5) is 21.4. The van der Waals surface area contributed by atoms with Gasteiger partial charge in [-0.1, -0.05) is 23.7 Å². The third kappa shape index (κ3) is 6.02. The monoisotopic (exact) mass is 503 g/mol. The number of nitrogens with one attached hydrogen (secondary N) is 1. The van der Waals surface area contributed by atoms with E-state index in [0.29, 0.717) is 30.2 Å². The molecule has 0 fully saturated rings. The SMILES string of the molecule is CN(Cc1ccc(Oc2ccc(Cl)c(C(F)(F)F)c2)cc1)c1ncc(Cc2cnn(C)c2)c(=O)[nH]1. The second-order valence-electron chi connectivity index (χ2n) is 8.00. The molecular formula is C24H21ClF3N5O2. The van der Waals surface area contributed by atoms with Crippen molar-refractivity contribution < 1.29 is 17.9 Å². The molecule has 0 saturated carbocycles. The van der Waals surface area contributed by atoms with Gasteiger partial charge in [-0.05, 0) is 41.5 Å². The largest absolute Gasteiger partial charge is 0.457 e. The van der Waals surface area contributed by atoms with Crippen molar-refractivity contribution in [2.45, 2.75) is 19.1 Å². The summed E-state index contributed by atoms with van der Waals surface area (Å²) in [6, 6.07) is 10.3. The van der Waals surface area contributed by atoms with Crippen molar-refractivity contribution in [3.63, 3.8) is 0 Å². The summed E-state index contributed by atoms with van der Waals surface area (Å²) in [6.45, 7) is 0.435. The predicted molar refractivity (Wildman–Crippen MR) is 126 cm³/mol. The van der Waals surface area contributed by atoms with E-state index in [2.05, 4.69) is 15.1 Å². The molecule has 0 atom stereocenters. The summed E-state index contributed by atoms with van der Waals surface area (Å²) in [5, 5.41) is 3.71. The minimum atomic E-state index is -4.57. The van der Waals surface area contributed by atoms with Gasteiger partial charge < -0.3 is 9.64 Å². The maximum Gasteiger partial charge on any atom is 0.417 e. The Hall–Kier alpha value is -3.79. The molecule has 0 aliphatic rings. The minimum absolute atomic E-state index is 0.0275. The van der Waals surface area contributed by atoms with Gasteiger partial charge in [0.25, 0.3) is 5.56 Å². The Morgan fingerprint density at radius 1 is 1.09 bits per heavy atom. The van der Waals surface area contributed by atoms with Gasteiger partial charge in [-0.2, -0.15) is 18.3 Å². The van der Waals surface area contributed by atoms with E-state index in [4.69, 9.17) is 16.3 Å². The molecular weight excluding hydrogens is 483 g/mol. The smallest absolute Gasteiger partial charge is 0.417 e. The maximum absolute atomic E-state index is 13.1. The predicted octanol–water partition coefficient (Wildman–Crippen LogP) is 5.20. The zero-order valence-electron chi connectivity index (χ0n) is 18.8. The highest BCUT2D eigenvalue weighted by molar-refractivity contribution is 6.31. The molecule has 0 amide bonds. The molecule has 4 aromatic rings. The third-order valence-electron chi connectivity index (χ3n) is 5.20. The lowest BCUT2D eigenvalue weighted by Gasteiger charge is -2.18. The summed E-state index contributed by atoms with van der Waals surface area (Å²) in [6.07, 6.45) is 0.955. The maximum atomic E-state index is 13.1. The van der Waals surface area contributed by atoms with Crippen molar-refractivity contribution in [1.29, 1.82) is 0 Å². The fraction of sp³-hybridized carbons (Fsp3) is 0.208. The Kier molecular flexibility index (Phi) is 6.83. The van der Waals surface area contributed by atoms with E-state index in [1.54, 1.807) is 53.3 Å². The van der Waals surface area contributed by atoms with Crippen LogP contribution in [-0.4, -0.2) is 26.8 Å². The quantitative estimate of drug-likeness (QED) is 0.375. The van der Waals surface area contributed by atoms with Crippen LogP contribution in [0.25, 0.3) is 0 Å². The molecule has 0 unspecified atom stereocenters. The van der Waals surface area contributed by atoms with Crippen LogP contribution in [0.2, 0.25) is 5.02 Å². The van der Waals surface area contributed by atoms with Crippen LogP contribution in [0, 0.1) is 0 Å². The lowest BCUT2D eigenvalue weighted by molar-refractivity contribution is -0.137. The van der Waals surface area contributed by atoms with Crippen molar-refractivity contribution in [2.75, 3.05) is 11.9 Å². The van der Waals surface area contributed by atoms with Crippen LogP contribution in [0.5, 0.6) is 11.5 Å². The molecule has 0 saturated heterocycles. The zero-order chi connectivity index (χ0) is 25.2. The molecule has 0 spiro atoms. The van der Waals surface area contributed by atoms with Crippen molar-refractivity contribution in [3.05, 3.63) is 98.7 Å². The number of aromatic amines is 1. The Labute approximate surface area is 203 Å². The number of ether oxygens (including phenoxy) is 1. The van der Waals surface area contributed by atoms with Gasteiger partial charge in [0.1, 0.15) is 11.5 Å². The molecule has 7 nitrogen and oxygen atoms in total. The van der Waals surface area contributed by atoms with E-state index >= 15 is 0 Å². The van der Waals surface area contributed by atoms with Gasteiger partial charge in [-0.15, -0.1) is 0 Å². The van der Waals surface area contributed by atoms with Gasteiger partial charge in [0.15, 0.2) is 0 Å². The average molecular weight is 504 g/mol. The van der Waals surface area contributed by atoms with Crippen LogP contribution < -0.4 is 15.2 Å². The summed E-state index contributed by atoms with van der Waals surface area (Å²) < 4.78 is 46.4. The van der Waals surface area contributed by atoms with Gasteiger partial charge in [-0.25, -0.2) is 4.98 Å². The lowest BCUT2D eigenvalue weighted by Crippen LogP contribution is -2.24. The van der Waals surface area contributed by atoms with E-state index in [9.17, 15) is 18.0 Å². The van der Waals surface area contributed by atoms with E-state index in [0.717, 1.165) is 23.3 Å². The number of halogens is 4. The fourth-order valence-corrected chi connectivity index (χ4v) is 3.67. The molecule has 2 heterocycles. The summed E-state index contributed by atoms with van der Waals surface area (Å²) in [7, 11) is 3.60. The number of anilines is 1. The normalized spacial score (nSPS) is 11.5. The summed E-state index contributed by atoms with van der Waals surface area (Å²) in [5.41, 5.74) is 1.15. The number of benzene rings is 2. The van der Waals surface area contributed by atoms with E-state index in [1.807, 2.05) is 13.2 Å². The highest BCUT2D eigenvalue weighted by Crippen LogP contribution is 2.37. The van der Waals surface area contributed by atoms with Crippen molar-refractivity contribution in [1.82, 2.24) is 19.7 Å². The fourth-order valence-electron chi connectivity index (χ4n) is 3.45. The molecule has 0 aliphatic carbocycles. The van der Waals surface area contributed by atoms with E-state index < -0.39 is 11.7 Å². The molecule has 0 radical (unpaired) electrons. The Morgan fingerprint density at radius 2 is 1.80 bits per heavy atom. The Bertz CT molecular complexity index is 1380. The summed E-state index contributed by atoms with van der Waals surface area (Å²) >= 11 is 5.65. The molecule has 182 valence electrons. The number of rotatable bonds is 7. The molecule has 4 rings (SSSR count). The van der Waals surface area contributed by atoms with Gasteiger partial charge in [0.2, 0.25) is 5.95 Å². The minimum Gasteiger partial charge on any atom is -0.457 e. The third-order valence-corrected chi connectivity index (χ3v) is 5.53. The highest BCUT2D eigenvalue weighted by atomic mass is 35.5. The number of hydrogen-bond donors (Lipinski definition) is 1. The van der Waals surface area contributed by atoms with E-state index in [-0.39, 0.29) is 16.3 Å². The molecule has 0 bridgehead atoms. The number of aryl methyl sites for hydroxylation is 1. The van der Waals surface area contributed by atoms with Gasteiger partial charge in [0, 0.05) is 45.0 Å². The first-order chi connectivity index (χ1) is 16.6. The standard InChI is InChI=1S/C24H21ClF3N5O2/c1-32(23-29-12-17(22(34)31-23)9-16-11-30-33(2)14-16)13-15-3-5-18(6-4-15)35-19-7-8-21(25)20(10-19)24(26,27)28/h3-8,10-12,14H,9,13H2,1-2H3,(H,29,31,34). The van der Waals surface area contributed by atoms with Crippen LogP contribution in [0.4, 0.5) is 19.1 Å². The lowest BCUT2D eigenvalue weighted by atomic mass is 10.1. The zero-order valence-corrected chi connectivity index (χ0v) is 19.6. The van der Waals surface area contributed by atoms with Crippen molar-refractivity contribution >= 4 is 17.5 Å². The van der Waals surface area contributed by atoms with Crippen LogP contribution in [-0.2, 0) is 26.2 Å². The van der Waals surface area contributed by atoms with Crippen LogP contribution in [0.3, 0.4) is 0 Å². The van der Waals surface area contributed by atoms with Crippen LogP contribution in [0.15, 0.2) is 65.8 Å². The summed E-state index contributed by atoms with van der Waals surface area (Å²) in [5.74, 6) is 0.809. The molecule has 35 heavy (non-hydrogen) atoms. The second kappa shape index (κ2) is 9.83. The number of hydrogen-bond acceptors (Lipinski definition) is 5. The number of alkyl halides is 3. The molecule has 1 N–H and O–H groups in total. The molecule has 11 heteroatoms. The second-order valence-corrected chi connectivity index (χ2v) is 8.41. The van der Waals surface area contributed by atoms with Crippen LogP contribution >= 0.6 is 11.6 Å². The Morgan fingerprint density at radius 3 is 2.43 bits per heavy atom. The van der Waals surface area contributed by atoms with Crippen molar-refractivity contribution in [3.8, 4) is 11.5 Å².